The highest BCUT2D eigenvalue weighted by Gasteiger charge is 2.51. The van der Waals surface area contributed by atoms with Gasteiger partial charge in [0.05, 0.1) is 5.56 Å². The van der Waals surface area contributed by atoms with E-state index < -0.39 is 48.5 Å². The van der Waals surface area contributed by atoms with E-state index in [2.05, 4.69) is 4.98 Å². The molecule has 1 unspecified atom stereocenters. The first-order chi connectivity index (χ1) is 15.5. The highest BCUT2D eigenvalue weighted by Crippen LogP contribution is 2.35. The third kappa shape index (κ3) is 4.53. The summed E-state index contributed by atoms with van der Waals surface area (Å²) in [5.41, 5.74) is 1.26. The number of carbonyl (C=O) groups excluding carboxylic acids is 2. The number of aliphatic hydroxyl groups is 1. The normalized spacial score (nSPS) is 28.1. The van der Waals surface area contributed by atoms with Gasteiger partial charge in [0, 0.05) is 12.3 Å². The number of rotatable bonds is 5. The maximum absolute atomic E-state index is 12.4. The Kier molecular flexibility index (Phi) is 6.28. The molecule has 2 aromatic rings. The van der Waals surface area contributed by atoms with E-state index in [9.17, 15) is 19.5 Å². The Morgan fingerprint density at radius 3 is 2.66 bits per heavy atom. The number of aromatic nitrogens is 2. The van der Waals surface area contributed by atoms with E-state index in [-0.39, 0.29) is 12.4 Å². The molecule has 5 atom stereocenters. The molecule has 32 heavy (non-hydrogen) atoms. The number of anilines is 1. The van der Waals surface area contributed by atoms with Crippen molar-refractivity contribution >= 4 is 17.8 Å². The lowest BCUT2D eigenvalue weighted by Gasteiger charge is -2.27. The average Bonchev–Trinajstić information content (AvgIpc) is 3.11. The molecule has 168 valence electrons. The Hall–Kier alpha value is -3.58. The van der Waals surface area contributed by atoms with Crippen LogP contribution in [0.2, 0.25) is 0 Å². The molecule has 2 aliphatic rings. The van der Waals surface area contributed by atoms with Crippen LogP contribution in [0.25, 0.3) is 0 Å². The molecule has 0 saturated carbocycles. The van der Waals surface area contributed by atoms with Gasteiger partial charge in [-0.1, -0.05) is 18.2 Å². The minimum absolute atomic E-state index is 0.0987. The molecule has 12 heteroatoms. The van der Waals surface area contributed by atoms with Crippen LogP contribution in [0.4, 0.5) is 5.82 Å². The summed E-state index contributed by atoms with van der Waals surface area (Å²) in [4.78, 5) is 40.4. The summed E-state index contributed by atoms with van der Waals surface area (Å²) in [6.07, 6.45) is -2.54. The zero-order chi connectivity index (χ0) is 22.7. The van der Waals surface area contributed by atoms with Gasteiger partial charge in [0.2, 0.25) is 0 Å². The number of nitrogens with zero attached hydrogens (tertiary/aromatic N) is 2. The molecule has 0 spiro atoms. The third-order valence-corrected chi connectivity index (χ3v) is 4.84. The quantitative estimate of drug-likeness (QED) is 0.419. The minimum Gasteiger partial charge on any atom is -0.459 e. The van der Waals surface area contributed by atoms with E-state index in [4.69, 9.17) is 24.2 Å². The number of fused-ring (bicyclic) bond motifs is 1. The van der Waals surface area contributed by atoms with E-state index in [0.29, 0.717) is 5.56 Å². The van der Waals surface area contributed by atoms with E-state index in [0.717, 1.165) is 16.7 Å². The molecule has 12 nitrogen and oxygen atoms in total. The fraction of sp³-hybridized carbons (Fsp3) is 0.300. The molecule has 1 saturated heterocycles. The smallest absolute Gasteiger partial charge is 0.351 e. The maximum Gasteiger partial charge on any atom is 0.351 e. The fourth-order valence-electron chi connectivity index (χ4n) is 3.38. The van der Waals surface area contributed by atoms with Crippen molar-refractivity contribution in [3.05, 3.63) is 70.8 Å². The molecule has 0 amide bonds. The van der Waals surface area contributed by atoms with Crippen molar-refractivity contribution in [2.75, 3.05) is 12.1 Å². The zero-order valence-corrected chi connectivity index (χ0v) is 16.4. The van der Waals surface area contributed by atoms with E-state index in [1.54, 1.807) is 35.8 Å². The van der Waals surface area contributed by atoms with Gasteiger partial charge < -0.3 is 24.1 Å². The lowest BCUT2D eigenvalue weighted by molar-refractivity contribution is -0.174. The van der Waals surface area contributed by atoms with E-state index in [1.165, 1.54) is 12.3 Å². The van der Waals surface area contributed by atoms with Crippen molar-refractivity contribution in [2.45, 2.75) is 30.8 Å². The van der Waals surface area contributed by atoms with Crippen LogP contribution in [0.5, 0.6) is 0 Å². The largest absolute Gasteiger partial charge is 0.459 e. The molecule has 0 bridgehead atoms. The van der Waals surface area contributed by atoms with E-state index in [1.807, 2.05) is 0 Å². The first kappa shape index (κ1) is 21.6. The molecular formula is C20H19N3O9. The van der Waals surface area contributed by atoms with Crippen LogP contribution in [0.3, 0.4) is 0 Å². The lowest BCUT2D eigenvalue weighted by Crippen LogP contribution is -2.43. The van der Waals surface area contributed by atoms with Gasteiger partial charge in [-0.25, -0.2) is 14.4 Å². The van der Waals surface area contributed by atoms with Crippen molar-refractivity contribution in [1.82, 2.24) is 9.55 Å². The van der Waals surface area contributed by atoms with Crippen LogP contribution in [0.15, 0.2) is 59.5 Å². The highest BCUT2D eigenvalue weighted by molar-refractivity contribution is 5.89. The lowest BCUT2D eigenvalue weighted by atomic mass is 10.1. The second-order valence-corrected chi connectivity index (χ2v) is 6.90. The number of nitrogens with one attached hydrogen (secondary N) is 1. The summed E-state index contributed by atoms with van der Waals surface area (Å²) in [7, 11) is 0. The third-order valence-electron chi connectivity index (χ3n) is 4.84. The van der Waals surface area contributed by atoms with Crippen LogP contribution in [0, 0.1) is 0 Å². The van der Waals surface area contributed by atoms with Crippen LogP contribution in [-0.4, -0.2) is 63.0 Å². The van der Waals surface area contributed by atoms with Gasteiger partial charge in [0.25, 0.3) is 0 Å². The summed E-state index contributed by atoms with van der Waals surface area (Å²) in [6, 6.07) is 9.56. The topological polar surface area (TPSA) is 158 Å². The number of hydrogen-bond donors (Lipinski definition) is 3. The van der Waals surface area contributed by atoms with Crippen molar-refractivity contribution in [1.29, 1.82) is 0 Å². The number of esters is 2. The fourth-order valence-corrected chi connectivity index (χ4v) is 3.38. The molecule has 3 N–H and O–H groups in total. The highest BCUT2D eigenvalue weighted by atomic mass is 16.7. The van der Waals surface area contributed by atoms with Gasteiger partial charge in [-0.2, -0.15) is 4.98 Å². The predicted octanol–water partition coefficient (Wildman–Crippen LogP) is -0.0160. The Balaban J connectivity index is 1.60. The number of hydrogen-bond acceptors (Lipinski definition) is 11. The van der Waals surface area contributed by atoms with E-state index >= 15 is 0 Å². The van der Waals surface area contributed by atoms with Crippen molar-refractivity contribution in [3.8, 4) is 0 Å². The Morgan fingerprint density at radius 2 is 1.94 bits per heavy atom. The van der Waals surface area contributed by atoms with Crippen molar-refractivity contribution in [3.63, 3.8) is 0 Å². The average molecular weight is 445 g/mol. The van der Waals surface area contributed by atoms with Crippen LogP contribution in [0.1, 0.15) is 16.6 Å². The molecule has 0 radical (unpaired) electrons. The summed E-state index contributed by atoms with van der Waals surface area (Å²) in [6.45, 7) is -0.308. The SMILES string of the molecule is O=C1/C=C\C(O)O[C@H]2[C@@H](O1)[C@H](n1ccc(NO)nc1=O)O[C@@H]2COC(=O)c1ccccc1. The van der Waals surface area contributed by atoms with Crippen molar-refractivity contribution < 1.29 is 38.9 Å². The zero-order valence-electron chi connectivity index (χ0n) is 16.4. The minimum atomic E-state index is -1.46. The number of ether oxygens (including phenoxy) is 4. The number of benzene rings is 1. The maximum atomic E-state index is 12.4. The first-order valence-electron chi connectivity index (χ1n) is 9.55. The second kappa shape index (κ2) is 9.28. The van der Waals surface area contributed by atoms with Crippen LogP contribution >= 0.6 is 0 Å². The van der Waals surface area contributed by atoms with Gasteiger partial charge >= 0.3 is 17.6 Å². The van der Waals surface area contributed by atoms with Gasteiger partial charge in [0.15, 0.2) is 24.4 Å². The summed E-state index contributed by atoms with van der Waals surface area (Å²) < 4.78 is 23.1. The monoisotopic (exact) mass is 445 g/mol. The van der Waals surface area contributed by atoms with Crippen LogP contribution < -0.4 is 11.2 Å². The van der Waals surface area contributed by atoms with Gasteiger partial charge in [-0.3, -0.25) is 15.3 Å². The Morgan fingerprint density at radius 1 is 1.16 bits per heavy atom. The van der Waals surface area contributed by atoms with Crippen molar-refractivity contribution in [2.24, 2.45) is 0 Å². The molecular weight excluding hydrogens is 426 g/mol. The number of carbonyl (C=O) groups is 2. The molecule has 1 fully saturated rings. The molecule has 0 aliphatic carbocycles. The molecule has 4 rings (SSSR count). The Labute approximate surface area is 180 Å². The molecule has 2 aliphatic heterocycles. The summed E-state index contributed by atoms with van der Waals surface area (Å²) >= 11 is 0. The first-order valence-corrected chi connectivity index (χ1v) is 9.55. The molecule has 3 heterocycles. The van der Waals surface area contributed by atoms with Gasteiger partial charge in [-0.05, 0) is 24.3 Å². The molecule has 1 aromatic carbocycles. The van der Waals surface area contributed by atoms with Gasteiger partial charge in [0.1, 0.15) is 18.8 Å². The standard InChI is InChI=1S/C20H19N3O9/c24-14-6-7-15(25)32-17-16(31-14)12(10-29-19(26)11-4-2-1-3-5-11)30-18(17)23-9-8-13(22-28)21-20(23)27/h1-9,12,14,16-18,24,28H,10H2,(H,21,22,27)/b7-6-/t12-,14?,16-,17-,18-/m1/s1. The predicted molar refractivity (Wildman–Crippen MR) is 104 cm³/mol. The Bertz CT molecular complexity index is 1070. The second-order valence-electron chi connectivity index (χ2n) is 6.90. The summed E-state index contributed by atoms with van der Waals surface area (Å²) in [5, 5.41) is 19.0. The number of aliphatic hydroxyl groups excluding tert-OH is 1. The van der Waals surface area contributed by atoms with Gasteiger partial charge in [-0.15, -0.1) is 0 Å². The summed E-state index contributed by atoms with van der Waals surface area (Å²) in [5.74, 6) is -1.50. The van der Waals surface area contributed by atoms with Crippen LogP contribution in [-0.2, 0) is 23.7 Å². The molecule has 1 aromatic heterocycles.